The van der Waals surface area contributed by atoms with Gasteiger partial charge in [0.25, 0.3) is 0 Å². The van der Waals surface area contributed by atoms with Crippen molar-refractivity contribution in [3.63, 3.8) is 0 Å². The molecule has 1 radical (unpaired) electrons. The second kappa shape index (κ2) is 10.7. The number of aliphatic hydroxyl groups is 1. The van der Waals surface area contributed by atoms with Crippen LogP contribution in [0.5, 0.6) is 0 Å². The molecular weight excluding hydrogens is 230 g/mol. The van der Waals surface area contributed by atoms with Crippen LogP contribution in [0.25, 0.3) is 0 Å². The van der Waals surface area contributed by atoms with Gasteiger partial charge in [-0.2, -0.15) is 0 Å². The van der Waals surface area contributed by atoms with Gasteiger partial charge < -0.3 is 14.6 Å². The van der Waals surface area contributed by atoms with Crippen LogP contribution in [0.1, 0.15) is 32.1 Å². The summed E-state index contributed by atoms with van der Waals surface area (Å²) >= 11 is 0. The first-order chi connectivity index (χ1) is 8.86. The Morgan fingerprint density at radius 3 is 2.61 bits per heavy atom. The molecule has 4 nitrogen and oxygen atoms in total. The SMILES string of the molecule is [CH2]OCC[C@@H](CO)CCCCCN1CCOCC1. The van der Waals surface area contributed by atoms with Crippen molar-refractivity contribution in [2.45, 2.75) is 32.1 Å². The van der Waals surface area contributed by atoms with Crippen LogP contribution in [0.3, 0.4) is 0 Å². The maximum Gasteiger partial charge on any atom is 0.0700 e. The summed E-state index contributed by atoms with van der Waals surface area (Å²) in [5, 5.41) is 9.21. The second-order valence-electron chi connectivity index (χ2n) is 5.05. The molecule has 0 bridgehead atoms. The zero-order valence-corrected chi connectivity index (χ0v) is 11.5. The standard InChI is InChI=1S/C14H28NO3/c1-17-10-6-14(13-16)5-3-2-4-7-15-8-11-18-12-9-15/h14,16H,1-13H2/t14-/m0/s1. The quantitative estimate of drug-likeness (QED) is 0.605. The summed E-state index contributed by atoms with van der Waals surface area (Å²) in [6.45, 7) is 6.05. The summed E-state index contributed by atoms with van der Waals surface area (Å²) in [7, 11) is 3.36. The van der Waals surface area contributed by atoms with Gasteiger partial charge in [0.05, 0.1) is 20.3 Å². The molecule has 0 spiro atoms. The van der Waals surface area contributed by atoms with E-state index in [9.17, 15) is 5.11 Å². The van der Waals surface area contributed by atoms with E-state index in [-0.39, 0.29) is 6.61 Å². The molecule has 18 heavy (non-hydrogen) atoms. The van der Waals surface area contributed by atoms with Crippen LogP contribution in [0.15, 0.2) is 0 Å². The third-order valence-corrected chi connectivity index (χ3v) is 3.62. The van der Waals surface area contributed by atoms with Crippen molar-refractivity contribution in [2.75, 3.05) is 46.1 Å². The van der Waals surface area contributed by atoms with Crippen molar-refractivity contribution < 1.29 is 14.6 Å². The molecule has 0 aromatic heterocycles. The summed E-state index contributed by atoms with van der Waals surface area (Å²) in [6.07, 6.45) is 5.72. The number of rotatable bonds is 10. The zero-order chi connectivity index (χ0) is 13.1. The molecule has 0 aliphatic carbocycles. The van der Waals surface area contributed by atoms with Crippen LogP contribution >= 0.6 is 0 Å². The monoisotopic (exact) mass is 258 g/mol. The minimum absolute atomic E-state index is 0.271. The van der Waals surface area contributed by atoms with Gasteiger partial charge in [0.2, 0.25) is 0 Å². The van der Waals surface area contributed by atoms with Gasteiger partial charge in [0.15, 0.2) is 0 Å². The average Bonchev–Trinajstić information content (AvgIpc) is 2.43. The summed E-state index contributed by atoms with van der Waals surface area (Å²) in [5.41, 5.74) is 0. The molecule has 4 heteroatoms. The van der Waals surface area contributed by atoms with Crippen LogP contribution in [-0.4, -0.2) is 56.1 Å². The highest BCUT2D eigenvalue weighted by molar-refractivity contribution is 4.63. The van der Waals surface area contributed by atoms with Gasteiger partial charge in [-0.05, 0) is 31.7 Å². The van der Waals surface area contributed by atoms with Crippen molar-refractivity contribution in [1.29, 1.82) is 0 Å². The highest BCUT2D eigenvalue weighted by Gasteiger charge is 2.10. The number of morpholine rings is 1. The fourth-order valence-electron chi connectivity index (χ4n) is 2.35. The van der Waals surface area contributed by atoms with Crippen molar-refractivity contribution in [3.05, 3.63) is 7.11 Å². The molecule has 0 unspecified atom stereocenters. The molecular formula is C14H28NO3. The molecule has 1 aliphatic heterocycles. The lowest BCUT2D eigenvalue weighted by Crippen LogP contribution is -2.36. The fourth-order valence-corrected chi connectivity index (χ4v) is 2.35. The van der Waals surface area contributed by atoms with Gasteiger partial charge in [-0.25, -0.2) is 0 Å². The number of hydrogen-bond donors (Lipinski definition) is 1. The molecule has 0 aromatic carbocycles. The van der Waals surface area contributed by atoms with E-state index in [0.717, 1.165) is 39.1 Å². The van der Waals surface area contributed by atoms with E-state index < -0.39 is 0 Å². The summed E-state index contributed by atoms with van der Waals surface area (Å²) < 4.78 is 10.1. The highest BCUT2D eigenvalue weighted by Crippen LogP contribution is 2.13. The summed E-state index contributed by atoms with van der Waals surface area (Å²) in [4.78, 5) is 2.48. The first-order valence-corrected chi connectivity index (χ1v) is 7.14. The summed E-state index contributed by atoms with van der Waals surface area (Å²) in [6, 6.07) is 0. The van der Waals surface area contributed by atoms with Crippen molar-refractivity contribution in [1.82, 2.24) is 4.90 Å². The normalized spacial score (nSPS) is 19.0. The minimum Gasteiger partial charge on any atom is -0.396 e. The van der Waals surface area contributed by atoms with Crippen LogP contribution in [-0.2, 0) is 9.47 Å². The van der Waals surface area contributed by atoms with E-state index >= 15 is 0 Å². The number of aliphatic hydroxyl groups excluding tert-OH is 1. The van der Waals surface area contributed by atoms with E-state index in [4.69, 9.17) is 9.47 Å². The molecule has 1 saturated heterocycles. The Morgan fingerprint density at radius 1 is 1.17 bits per heavy atom. The van der Waals surface area contributed by atoms with E-state index in [2.05, 4.69) is 12.0 Å². The zero-order valence-electron chi connectivity index (χ0n) is 11.5. The van der Waals surface area contributed by atoms with Crippen LogP contribution < -0.4 is 0 Å². The summed E-state index contributed by atoms with van der Waals surface area (Å²) in [5.74, 6) is 0.384. The predicted octanol–water partition coefficient (Wildman–Crippen LogP) is 1.69. The van der Waals surface area contributed by atoms with Crippen LogP contribution in [0.4, 0.5) is 0 Å². The minimum atomic E-state index is 0.271. The van der Waals surface area contributed by atoms with E-state index in [1.54, 1.807) is 0 Å². The molecule has 1 heterocycles. The number of nitrogens with zero attached hydrogens (tertiary/aromatic N) is 1. The highest BCUT2D eigenvalue weighted by atomic mass is 16.5. The topological polar surface area (TPSA) is 41.9 Å². The van der Waals surface area contributed by atoms with Crippen LogP contribution in [0, 0.1) is 13.0 Å². The Bertz CT molecular complexity index is 184. The maximum atomic E-state index is 9.21. The molecule has 1 rings (SSSR count). The second-order valence-corrected chi connectivity index (χ2v) is 5.05. The lowest BCUT2D eigenvalue weighted by Gasteiger charge is -2.26. The predicted molar refractivity (Wildman–Crippen MR) is 72.2 cm³/mol. The molecule has 1 fully saturated rings. The Labute approximate surface area is 111 Å². The van der Waals surface area contributed by atoms with Crippen molar-refractivity contribution in [3.8, 4) is 0 Å². The smallest absolute Gasteiger partial charge is 0.0700 e. The number of unbranched alkanes of at least 4 members (excludes halogenated alkanes) is 2. The Morgan fingerprint density at radius 2 is 1.94 bits per heavy atom. The van der Waals surface area contributed by atoms with E-state index in [1.807, 2.05) is 0 Å². The largest absolute Gasteiger partial charge is 0.396 e. The van der Waals surface area contributed by atoms with Gasteiger partial charge in [-0.15, -0.1) is 0 Å². The molecule has 1 atom stereocenters. The van der Waals surface area contributed by atoms with Crippen molar-refractivity contribution in [2.24, 2.45) is 5.92 Å². The molecule has 0 amide bonds. The average molecular weight is 258 g/mol. The molecule has 1 N–H and O–H groups in total. The Balaban J connectivity index is 1.93. The third-order valence-electron chi connectivity index (χ3n) is 3.62. The lowest BCUT2D eigenvalue weighted by molar-refractivity contribution is 0.0370. The fraction of sp³-hybridized carbons (Fsp3) is 0.929. The van der Waals surface area contributed by atoms with E-state index in [0.29, 0.717) is 12.5 Å². The van der Waals surface area contributed by atoms with E-state index in [1.165, 1.54) is 25.8 Å². The van der Waals surface area contributed by atoms with Gasteiger partial charge in [-0.3, -0.25) is 4.90 Å². The van der Waals surface area contributed by atoms with Crippen LogP contribution in [0.2, 0.25) is 0 Å². The van der Waals surface area contributed by atoms with Gasteiger partial charge in [-0.1, -0.05) is 12.8 Å². The maximum absolute atomic E-state index is 9.21. The number of ether oxygens (including phenoxy) is 2. The molecule has 107 valence electrons. The molecule has 0 saturated carbocycles. The third kappa shape index (κ3) is 7.31. The van der Waals surface area contributed by atoms with Crippen molar-refractivity contribution >= 4 is 0 Å². The first kappa shape index (κ1) is 15.9. The van der Waals surface area contributed by atoms with Gasteiger partial charge >= 0.3 is 0 Å². The number of hydrogen-bond acceptors (Lipinski definition) is 4. The van der Waals surface area contributed by atoms with Gasteiger partial charge in [0, 0.05) is 26.3 Å². The molecule has 0 aromatic rings. The Kier molecular flexibility index (Phi) is 9.48. The molecule has 1 aliphatic rings. The Hall–Kier alpha value is -0.160. The van der Waals surface area contributed by atoms with Gasteiger partial charge in [0.1, 0.15) is 0 Å². The first-order valence-electron chi connectivity index (χ1n) is 7.14. The lowest BCUT2D eigenvalue weighted by atomic mass is 9.99.